The summed E-state index contributed by atoms with van der Waals surface area (Å²) in [6.07, 6.45) is 0. The lowest BCUT2D eigenvalue weighted by Crippen LogP contribution is -2.14. The molecule has 0 aliphatic carbocycles. The average molecular weight is 467 g/mol. The van der Waals surface area contributed by atoms with E-state index in [1.807, 2.05) is 11.5 Å². The second-order valence-electron chi connectivity index (χ2n) is 6.21. The van der Waals surface area contributed by atoms with Gasteiger partial charge in [-0.05, 0) is 44.2 Å². The van der Waals surface area contributed by atoms with Crippen molar-refractivity contribution in [2.75, 3.05) is 11.1 Å². The molecule has 152 valence electrons. The fourth-order valence-electron chi connectivity index (χ4n) is 2.53. The van der Waals surface area contributed by atoms with Crippen molar-refractivity contribution < 1.29 is 4.79 Å². The second-order valence-corrected chi connectivity index (χ2v) is 9.02. The van der Waals surface area contributed by atoms with E-state index in [4.69, 9.17) is 23.2 Å². The Morgan fingerprint density at radius 2 is 1.83 bits per heavy atom. The van der Waals surface area contributed by atoms with Crippen molar-refractivity contribution in [1.29, 1.82) is 0 Å². The van der Waals surface area contributed by atoms with Crippen LogP contribution >= 0.6 is 46.7 Å². The number of hydrogen-bond donors (Lipinski definition) is 1. The predicted octanol–water partition coefficient (Wildman–Crippen LogP) is 5.94. The van der Waals surface area contributed by atoms with E-state index in [1.54, 1.807) is 30.0 Å². The summed E-state index contributed by atoms with van der Waals surface area (Å²) in [4.78, 5) is 13.4. The molecule has 0 aliphatic rings. The Kier molecular flexibility index (Phi) is 7.89. The fourth-order valence-corrected chi connectivity index (χ4v) is 4.49. The number of aromatic nitrogens is 3. The smallest absolute Gasteiger partial charge is 0.234 e. The lowest BCUT2D eigenvalue weighted by molar-refractivity contribution is -0.113. The number of aryl methyl sites for hydroxylation is 1. The Morgan fingerprint density at radius 1 is 1.07 bits per heavy atom. The number of thioether (sulfide) groups is 2. The lowest BCUT2D eigenvalue weighted by atomic mass is 10.2. The van der Waals surface area contributed by atoms with E-state index in [1.165, 1.54) is 22.2 Å². The van der Waals surface area contributed by atoms with E-state index in [2.05, 4.69) is 46.7 Å². The number of rotatable bonds is 8. The first-order valence-electron chi connectivity index (χ1n) is 8.95. The van der Waals surface area contributed by atoms with Gasteiger partial charge in [-0.3, -0.25) is 4.79 Å². The zero-order chi connectivity index (χ0) is 20.8. The van der Waals surface area contributed by atoms with Crippen LogP contribution < -0.4 is 5.32 Å². The van der Waals surface area contributed by atoms with Gasteiger partial charge in [0, 0.05) is 17.1 Å². The van der Waals surface area contributed by atoms with Gasteiger partial charge >= 0.3 is 0 Å². The molecule has 1 amide bonds. The highest BCUT2D eigenvalue weighted by atomic mass is 35.5. The minimum Gasteiger partial charge on any atom is -0.325 e. The van der Waals surface area contributed by atoms with Crippen LogP contribution in [0.15, 0.2) is 52.5 Å². The number of benzene rings is 2. The van der Waals surface area contributed by atoms with Crippen LogP contribution in [0, 0.1) is 6.92 Å². The molecule has 9 heteroatoms. The maximum atomic E-state index is 12.3. The molecule has 0 atom stereocenters. The van der Waals surface area contributed by atoms with Crippen molar-refractivity contribution in [2.24, 2.45) is 0 Å². The minimum absolute atomic E-state index is 0.144. The van der Waals surface area contributed by atoms with Gasteiger partial charge in [0.05, 0.1) is 21.6 Å². The SMILES string of the molecule is CCn1c(CSc2ccc(C)cc2)nnc1SCC(=O)Nc1ccc(Cl)c(Cl)c1. The van der Waals surface area contributed by atoms with E-state index in [0.29, 0.717) is 15.7 Å². The summed E-state index contributed by atoms with van der Waals surface area (Å²) in [5.74, 6) is 1.70. The van der Waals surface area contributed by atoms with E-state index < -0.39 is 0 Å². The van der Waals surface area contributed by atoms with Crippen molar-refractivity contribution in [3.8, 4) is 0 Å². The molecule has 2 aromatic carbocycles. The number of hydrogen-bond acceptors (Lipinski definition) is 5. The van der Waals surface area contributed by atoms with Crippen molar-refractivity contribution in [1.82, 2.24) is 14.8 Å². The molecular weight excluding hydrogens is 447 g/mol. The second kappa shape index (κ2) is 10.4. The highest BCUT2D eigenvalue weighted by Gasteiger charge is 2.14. The average Bonchev–Trinajstić information content (AvgIpc) is 3.10. The van der Waals surface area contributed by atoms with Crippen LogP contribution in [0.1, 0.15) is 18.3 Å². The third-order valence-electron chi connectivity index (χ3n) is 4.03. The molecule has 1 aromatic heterocycles. The molecule has 1 N–H and O–H groups in total. The van der Waals surface area contributed by atoms with Gasteiger partial charge in [0.1, 0.15) is 5.82 Å². The molecule has 0 saturated carbocycles. The van der Waals surface area contributed by atoms with Crippen LogP contribution in [-0.2, 0) is 17.1 Å². The molecule has 0 spiro atoms. The molecule has 5 nitrogen and oxygen atoms in total. The minimum atomic E-state index is -0.144. The summed E-state index contributed by atoms with van der Waals surface area (Å²) in [7, 11) is 0. The number of carbonyl (C=O) groups excluding carboxylic acids is 1. The molecule has 0 unspecified atom stereocenters. The summed E-state index contributed by atoms with van der Waals surface area (Å²) < 4.78 is 2.04. The van der Waals surface area contributed by atoms with Gasteiger partial charge in [0.25, 0.3) is 0 Å². The molecule has 3 rings (SSSR count). The number of amides is 1. The van der Waals surface area contributed by atoms with Gasteiger partial charge < -0.3 is 9.88 Å². The van der Waals surface area contributed by atoms with Gasteiger partial charge in [-0.15, -0.1) is 22.0 Å². The molecule has 3 aromatic rings. The monoisotopic (exact) mass is 466 g/mol. The first-order chi connectivity index (χ1) is 14.0. The van der Waals surface area contributed by atoms with E-state index >= 15 is 0 Å². The maximum Gasteiger partial charge on any atom is 0.234 e. The molecule has 1 heterocycles. The van der Waals surface area contributed by atoms with Crippen LogP contribution in [0.4, 0.5) is 5.69 Å². The maximum absolute atomic E-state index is 12.3. The van der Waals surface area contributed by atoms with Crippen LogP contribution in [-0.4, -0.2) is 26.4 Å². The van der Waals surface area contributed by atoms with Gasteiger partial charge in [-0.1, -0.05) is 52.7 Å². The van der Waals surface area contributed by atoms with Crippen LogP contribution in [0.5, 0.6) is 0 Å². The third-order valence-corrected chi connectivity index (χ3v) is 6.75. The molecule has 0 aliphatic heterocycles. The number of nitrogens with zero attached hydrogens (tertiary/aromatic N) is 3. The standard InChI is InChI=1S/C20H20Cl2N4OS2/c1-3-26-18(11-28-15-7-4-13(2)5-8-15)24-25-20(26)29-12-19(27)23-14-6-9-16(21)17(22)10-14/h4-10H,3,11-12H2,1-2H3,(H,23,27). The number of anilines is 1. The van der Waals surface area contributed by atoms with Crippen LogP contribution in [0.2, 0.25) is 10.0 Å². The molecule has 29 heavy (non-hydrogen) atoms. The highest BCUT2D eigenvalue weighted by molar-refractivity contribution is 7.99. The Balaban J connectivity index is 1.57. The van der Waals surface area contributed by atoms with Crippen LogP contribution in [0.25, 0.3) is 0 Å². The summed E-state index contributed by atoms with van der Waals surface area (Å²) in [5.41, 5.74) is 1.85. The Hall–Kier alpha value is -1.67. The number of carbonyl (C=O) groups is 1. The van der Waals surface area contributed by atoms with Crippen molar-refractivity contribution in [3.63, 3.8) is 0 Å². The molecule has 0 bridgehead atoms. The van der Waals surface area contributed by atoms with Crippen molar-refractivity contribution in [2.45, 2.75) is 36.2 Å². The lowest BCUT2D eigenvalue weighted by Gasteiger charge is -2.08. The van der Waals surface area contributed by atoms with Crippen molar-refractivity contribution in [3.05, 3.63) is 63.9 Å². The highest BCUT2D eigenvalue weighted by Crippen LogP contribution is 2.26. The van der Waals surface area contributed by atoms with Gasteiger partial charge in [0.2, 0.25) is 5.91 Å². The Morgan fingerprint density at radius 3 is 2.52 bits per heavy atom. The zero-order valence-corrected chi connectivity index (χ0v) is 19.1. The Labute approximate surface area is 188 Å². The van der Waals surface area contributed by atoms with Crippen molar-refractivity contribution >= 4 is 58.3 Å². The first kappa shape index (κ1) is 22.0. The van der Waals surface area contributed by atoms with E-state index in [0.717, 1.165) is 23.3 Å². The largest absolute Gasteiger partial charge is 0.325 e. The fraction of sp³-hybridized carbons (Fsp3) is 0.250. The third kappa shape index (κ3) is 6.15. The predicted molar refractivity (Wildman–Crippen MR) is 122 cm³/mol. The summed E-state index contributed by atoms with van der Waals surface area (Å²) in [6, 6.07) is 13.4. The van der Waals surface area contributed by atoms with Crippen LogP contribution in [0.3, 0.4) is 0 Å². The summed E-state index contributed by atoms with van der Waals surface area (Å²) >= 11 is 15.0. The quantitative estimate of drug-likeness (QED) is 0.416. The number of halogens is 2. The normalized spacial score (nSPS) is 10.9. The zero-order valence-electron chi connectivity index (χ0n) is 16.0. The van der Waals surface area contributed by atoms with Gasteiger partial charge in [-0.2, -0.15) is 0 Å². The van der Waals surface area contributed by atoms with Gasteiger partial charge in [-0.25, -0.2) is 0 Å². The molecule has 0 radical (unpaired) electrons. The summed E-state index contributed by atoms with van der Waals surface area (Å²) in [5, 5.41) is 13.0. The van der Waals surface area contributed by atoms with E-state index in [9.17, 15) is 4.79 Å². The van der Waals surface area contributed by atoms with Gasteiger partial charge in [0.15, 0.2) is 5.16 Å². The first-order valence-corrected chi connectivity index (χ1v) is 11.7. The molecule has 0 fully saturated rings. The van der Waals surface area contributed by atoms with E-state index in [-0.39, 0.29) is 11.7 Å². The molecular formula is C20H20Cl2N4OS2. The number of nitrogens with one attached hydrogen (secondary N) is 1. The topological polar surface area (TPSA) is 59.8 Å². The Bertz CT molecular complexity index is 993. The molecule has 0 saturated heterocycles. The summed E-state index contributed by atoms with van der Waals surface area (Å²) in [6.45, 7) is 4.86.